The molecule has 1 amide bonds. The van der Waals surface area contributed by atoms with Gasteiger partial charge in [-0.2, -0.15) is 0 Å². The van der Waals surface area contributed by atoms with Gasteiger partial charge >= 0.3 is 5.63 Å². The van der Waals surface area contributed by atoms with E-state index in [9.17, 15) is 14.8 Å². The van der Waals surface area contributed by atoms with Crippen molar-refractivity contribution in [1.29, 1.82) is 0 Å². The summed E-state index contributed by atoms with van der Waals surface area (Å²) in [5.41, 5.74) is 1.70. The lowest BCUT2D eigenvalue weighted by molar-refractivity contribution is 0.102. The number of benzene rings is 2. The highest BCUT2D eigenvalue weighted by molar-refractivity contribution is 6.07. The van der Waals surface area contributed by atoms with Crippen molar-refractivity contribution in [2.75, 3.05) is 17.9 Å². The Bertz CT molecular complexity index is 983. The molecule has 7 heteroatoms. The van der Waals surface area contributed by atoms with E-state index in [1.165, 1.54) is 13.2 Å². The Labute approximate surface area is 148 Å². The first-order valence-corrected chi connectivity index (χ1v) is 7.71. The van der Waals surface area contributed by atoms with Gasteiger partial charge in [0.05, 0.1) is 12.8 Å². The number of rotatable bonds is 5. The van der Waals surface area contributed by atoms with Crippen LogP contribution >= 0.6 is 0 Å². The number of hydrogen-bond acceptors (Lipinski definition) is 6. The highest BCUT2D eigenvalue weighted by Crippen LogP contribution is 2.24. The fourth-order valence-electron chi connectivity index (χ4n) is 2.44. The van der Waals surface area contributed by atoms with Crippen LogP contribution in [0.5, 0.6) is 5.75 Å². The summed E-state index contributed by atoms with van der Waals surface area (Å²) in [6.07, 6.45) is 0. The first-order chi connectivity index (χ1) is 12.6. The SMILES string of the molecule is COc1cccc(NC(=O)c2c(NO)cc(-c3ccccc3)oc2=O)c1. The summed E-state index contributed by atoms with van der Waals surface area (Å²) < 4.78 is 10.3. The number of nitrogens with one attached hydrogen (secondary N) is 2. The summed E-state index contributed by atoms with van der Waals surface area (Å²) in [5, 5.41) is 12.0. The summed E-state index contributed by atoms with van der Waals surface area (Å²) in [4.78, 5) is 24.8. The maximum absolute atomic E-state index is 12.5. The van der Waals surface area contributed by atoms with Crippen LogP contribution in [0.4, 0.5) is 11.4 Å². The average molecular weight is 352 g/mol. The van der Waals surface area contributed by atoms with Gasteiger partial charge in [0, 0.05) is 23.4 Å². The molecular formula is C19H16N2O5. The van der Waals surface area contributed by atoms with E-state index in [1.807, 2.05) is 11.5 Å². The molecule has 0 aliphatic heterocycles. The Hall–Kier alpha value is -3.58. The van der Waals surface area contributed by atoms with Crippen LogP contribution in [0.1, 0.15) is 10.4 Å². The van der Waals surface area contributed by atoms with Gasteiger partial charge in [0.2, 0.25) is 0 Å². The molecule has 0 saturated carbocycles. The molecule has 1 heterocycles. The molecule has 0 unspecified atom stereocenters. The summed E-state index contributed by atoms with van der Waals surface area (Å²) in [6.45, 7) is 0. The molecular weight excluding hydrogens is 336 g/mol. The van der Waals surface area contributed by atoms with Crippen molar-refractivity contribution in [3.8, 4) is 17.1 Å². The van der Waals surface area contributed by atoms with Gasteiger partial charge in [-0.3, -0.25) is 15.5 Å². The third-order valence-electron chi connectivity index (χ3n) is 3.68. The van der Waals surface area contributed by atoms with E-state index in [0.29, 0.717) is 17.0 Å². The predicted octanol–water partition coefficient (Wildman–Crippen LogP) is 3.37. The van der Waals surface area contributed by atoms with Crippen LogP contribution in [-0.4, -0.2) is 18.2 Å². The third-order valence-corrected chi connectivity index (χ3v) is 3.68. The van der Waals surface area contributed by atoms with Crippen LogP contribution in [0.2, 0.25) is 0 Å². The molecule has 0 atom stereocenters. The van der Waals surface area contributed by atoms with Crippen molar-refractivity contribution >= 4 is 17.3 Å². The monoisotopic (exact) mass is 352 g/mol. The van der Waals surface area contributed by atoms with Crippen molar-refractivity contribution < 1.29 is 19.2 Å². The minimum Gasteiger partial charge on any atom is -0.497 e. The maximum atomic E-state index is 12.5. The van der Waals surface area contributed by atoms with Gasteiger partial charge in [0.1, 0.15) is 11.5 Å². The van der Waals surface area contributed by atoms with Gasteiger partial charge in [-0.25, -0.2) is 4.79 Å². The summed E-state index contributed by atoms with van der Waals surface area (Å²) in [7, 11) is 1.51. The van der Waals surface area contributed by atoms with Crippen LogP contribution in [0.15, 0.2) is 69.9 Å². The Morgan fingerprint density at radius 3 is 2.54 bits per heavy atom. The van der Waals surface area contributed by atoms with E-state index in [4.69, 9.17) is 9.15 Å². The van der Waals surface area contributed by atoms with Crippen molar-refractivity contribution in [3.05, 3.63) is 76.6 Å². The molecule has 3 rings (SSSR count). The van der Waals surface area contributed by atoms with E-state index in [0.717, 1.165) is 0 Å². The lowest BCUT2D eigenvalue weighted by Crippen LogP contribution is -2.23. The quantitative estimate of drug-likeness (QED) is 0.609. The predicted molar refractivity (Wildman–Crippen MR) is 96.8 cm³/mol. The van der Waals surface area contributed by atoms with Gasteiger partial charge in [0.15, 0.2) is 5.56 Å². The largest absolute Gasteiger partial charge is 0.497 e. The lowest BCUT2D eigenvalue weighted by atomic mass is 10.1. The fraction of sp³-hybridized carbons (Fsp3) is 0.0526. The number of anilines is 2. The van der Waals surface area contributed by atoms with E-state index >= 15 is 0 Å². The number of carbonyl (C=O) groups excluding carboxylic acids is 1. The first-order valence-electron chi connectivity index (χ1n) is 7.71. The van der Waals surface area contributed by atoms with E-state index < -0.39 is 11.5 Å². The van der Waals surface area contributed by atoms with Crippen molar-refractivity contribution in [2.24, 2.45) is 0 Å². The van der Waals surface area contributed by atoms with Crippen LogP contribution in [-0.2, 0) is 0 Å². The molecule has 2 aromatic carbocycles. The Morgan fingerprint density at radius 2 is 1.85 bits per heavy atom. The number of hydrogen-bond donors (Lipinski definition) is 3. The second kappa shape index (κ2) is 7.54. The van der Waals surface area contributed by atoms with Crippen LogP contribution in [0, 0.1) is 0 Å². The van der Waals surface area contributed by atoms with Gasteiger partial charge < -0.3 is 14.5 Å². The molecule has 0 saturated heterocycles. The summed E-state index contributed by atoms with van der Waals surface area (Å²) >= 11 is 0. The minimum atomic E-state index is -0.872. The molecule has 0 fully saturated rings. The third kappa shape index (κ3) is 3.57. The molecule has 0 radical (unpaired) electrons. The number of amides is 1. The molecule has 3 N–H and O–H groups in total. The maximum Gasteiger partial charge on any atom is 0.351 e. The molecule has 26 heavy (non-hydrogen) atoms. The van der Waals surface area contributed by atoms with Gasteiger partial charge in [-0.1, -0.05) is 36.4 Å². The fourth-order valence-corrected chi connectivity index (χ4v) is 2.44. The molecule has 7 nitrogen and oxygen atoms in total. The molecule has 132 valence electrons. The summed E-state index contributed by atoms with van der Waals surface area (Å²) in [5.74, 6) is 0.0583. The zero-order chi connectivity index (χ0) is 18.5. The van der Waals surface area contributed by atoms with Crippen molar-refractivity contribution in [3.63, 3.8) is 0 Å². The molecule has 0 aliphatic carbocycles. The van der Waals surface area contributed by atoms with Crippen LogP contribution in [0.25, 0.3) is 11.3 Å². The number of carbonyl (C=O) groups is 1. The van der Waals surface area contributed by atoms with Crippen molar-refractivity contribution in [1.82, 2.24) is 0 Å². The Morgan fingerprint density at radius 1 is 1.08 bits per heavy atom. The highest BCUT2D eigenvalue weighted by Gasteiger charge is 2.20. The molecule has 0 spiro atoms. The molecule has 0 bridgehead atoms. The topological polar surface area (TPSA) is 101 Å². The standard InChI is InChI=1S/C19H16N2O5/c1-25-14-9-5-8-13(10-14)20-18(22)17-15(21-24)11-16(26-19(17)23)12-6-3-2-4-7-12/h2-11,21,24H,1H3,(H,20,22). The molecule has 1 aromatic heterocycles. The lowest BCUT2D eigenvalue weighted by Gasteiger charge is -2.10. The highest BCUT2D eigenvalue weighted by atomic mass is 16.5. The van der Waals surface area contributed by atoms with E-state index in [-0.39, 0.29) is 17.0 Å². The molecule has 0 aliphatic rings. The summed E-state index contributed by atoms with van der Waals surface area (Å²) in [6, 6.07) is 16.9. The van der Waals surface area contributed by atoms with Crippen LogP contribution < -0.4 is 21.2 Å². The smallest absolute Gasteiger partial charge is 0.351 e. The zero-order valence-electron chi connectivity index (χ0n) is 13.9. The second-order valence-corrected chi connectivity index (χ2v) is 5.35. The van der Waals surface area contributed by atoms with Gasteiger partial charge in [-0.05, 0) is 12.1 Å². The molecule has 3 aromatic rings. The first kappa shape index (κ1) is 17.2. The Balaban J connectivity index is 1.96. The average Bonchev–Trinajstić information content (AvgIpc) is 2.68. The van der Waals surface area contributed by atoms with Crippen molar-refractivity contribution in [2.45, 2.75) is 0 Å². The number of methoxy groups -OCH3 is 1. The van der Waals surface area contributed by atoms with Gasteiger partial charge in [-0.15, -0.1) is 0 Å². The van der Waals surface area contributed by atoms with Gasteiger partial charge in [0.25, 0.3) is 5.91 Å². The number of ether oxygens (including phenoxy) is 1. The minimum absolute atomic E-state index is 0.0551. The van der Waals surface area contributed by atoms with E-state index in [2.05, 4.69) is 5.32 Å². The zero-order valence-corrected chi connectivity index (χ0v) is 13.9. The van der Waals surface area contributed by atoms with Crippen LogP contribution in [0.3, 0.4) is 0 Å². The Kier molecular flexibility index (Phi) is 5.00. The second-order valence-electron chi connectivity index (χ2n) is 5.35. The normalized spacial score (nSPS) is 10.2. The van der Waals surface area contributed by atoms with E-state index in [1.54, 1.807) is 48.5 Å².